The van der Waals surface area contributed by atoms with Crippen molar-refractivity contribution < 1.29 is 72.4 Å². The van der Waals surface area contributed by atoms with Gasteiger partial charge in [0.15, 0.2) is 18.7 Å². The maximum atomic E-state index is 13.3. The third kappa shape index (κ3) is 13.5. The van der Waals surface area contributed by atoms with Gasteiger partial charge in [-0.2, -0.15) is 0 Å². The number of carbonyl (C=O) groups is 4. The maximum absolute atomic E-state index is 13.3. The van der Waals surface area contributed by atoms with Crippen LogP contribution in [-0.2, 0) is 57.1 Å². The number of hydrogen-bond acceptors (Lipinski definition) is 16. The largest absolute Gasteiger partial charge is 0.462 e. The van der Waals surface area contributed by atoms with Crippen molar-refractivity contribution in [1.29, 1.82) is 0 Å². The van der Waals surface area contributed by atoms with E-state index in [1.165, 1.54) is 13.2 Å². The second kappa shape index (κ2) is 22.3. The van der Waals surface area contributed by atoms with Crippen LogP contribution in [-0.4, -0.2) is 151 Å². The smallest absolute Gasteiger partial charge is 0.309 e. The summed E-state index contributed by atoms with van der Waals surface area (Å²) >= 11 is 0. The SMILES string of the molecule is CCC(=O)OC1C(C)OC(OC2C(C)OC(O[C@H]3/C(=C/C=O)C[C@@H](C)[C@@H](O)/C=C/C=C/C[C@@H](C)OC(=O)C[C@@H](OC(=O)CC)[C@@H]3OC)C(O)C2N(C)C)CC1(C)O. The first kappa shape index (κ1) is 48.3. The molecule has 0 spiro atoms. The predicted molar refractivity (Wildman–Crippen MR) is 205 cm³/mol. The van der Waals surface area contributed by atoms with Crippen molar-refractivity contribution in [1.82, 2.24) is 4.90 Å². The fourth-order valence-corrected chi connectivity index (χ4v) is 7.45. The van der Waals surface area contributed by atoms with Gasteiger partial charge in [0.25, 0.3) is 0 Å². The molecule has 0 aromatic heterocycles. The van der Waals surface area contributed by atoms with Gasteiger partial charge in [0, 0.05) is 32.8 Å². The summed E-state index contributed by atoms with van der Waals surface area (Å²) in [6.45, 7) is 11.7. The summed E-state index contributed by atoms with van der Waals surface area (Å²) in [6, 6.07) is -0.798. The topological polar surface area (TPSA) is 206 Å². The van der Waals surface area contributed by atoms with E-state index in [-0.39, 0.29) is 25.7 Å². The molecule has 57 heavy (non-hydrogen) atoms. The lowest BCUT2D eigenvalue weighted by Crippen LogP contribution is -2.65. The molecule has 3 rings (SSSR count). The Kier molecular flexibility index (Phi) is 18.9. The van der Waals surface area contributed by atoms with Crippen molar-refractivity contribution in [2.45, 2.75) is 172 Å². The Morgan fingerprint density at radius 3 is 2.23 bits per heavy atom. The van der Waals surface area contributed by atoms with Crippen LogP contribution in [0.15, 0.2) is 36.0 Å². The van der Waals surface area contributed by atoms with E-state index in [9.17, 15) is 34.5 Å². The van der Waals surface area contributed by atoms with E-state index >= 15 is 0 Å². The molecule has 0 radical (unpaired) electrons. The predicted octanol–water partition coefficient (Wildman–Crippen LogP) is 2.69. The van der Waals surface area contributed by atoms with Crippen molar-refractivity contribution in [2.24, 2.45) is 5.92 Å². The van der Waals surface area contributed by atoms with Crippen LogP contribution in [0.2, 0.25) is 0 Å². The zero-order valence-corrected chi connectivity index (χ0v) is 35.0. The number of likely N-dealkylation sites (N-methyl/N-ethyl adjacent to an activating group) is 1. The summed E-state index contributed by atoms with van der Waals surface area (Å²) in [5.74, 6) is -2.24. The van der Waals surface area contributed by atoms with Gasteiger partial charge in [-0.15, -0.1) is 0 Å². The molecule has 9 unspecified atom stereocenters. The zero-order valence-electron chi connectivity index (χ0n) is 35.0. The van der Waals surface area contributed by atoms with Gasteiger partial charge in [0.05, 0.1) is 30.8 Å². The fraction of sp³-hybridized carbons (Fsp3) is 0.756. The third-order valence-corrected chi connectivity index (χ3v) is 10.5. The van der Waals surface area contributed by atoms with Crippen LogP contribution in [0.25, 0.3) is 0 Å². The average Bonchev–Trinajstić information content (AvgIpc) is 3.13. The van der Waals surface area contributed by atoms with Gasteiger partial charge >= 0.3 is 17.9 Å². The van der Waals surface area contributed by atoms with Crippen molar-refractivity contribution in [3.8, 4) is 0 Å². The van der Waals surface area contributed by atoms with Crippen LogP contribution < -0.4 is 0 Å². The molecule has 2 fully saturated rings. The van der Waals surface area contributed by atoms with E-state index in [4.69, 9.17) is 37.9 Å². The van der Waals surface area contributed by atoms with E-state index in [1.54, 1.807) is 91.8 Å². The Morgan fingerprint density at radius 2 is 1.63 bits per heavy atom. The van der Waals surface area contributed by atoms with E-state index in [1.807, 2.05) is 0 Å². The molecule has 3 aliphatic heterocycles. The molecule has 3 aliphatic rings. The van der Waals surface area contributed by atoms with E-state index in [0.717, 1.165) is 0 Å². The minimum Gasteiger partial charge on any atom is -0.462 e. The highest BCUT2D eigenvalue weighted by molar-refractivity contribution is 5.73. The Labute approximate surface area is 336 Å². The molecule has 0 bridgehead atoms. The fourth-order valence-electron chi connectivity index (χ4n) is 7.45. The Hall–Kier alpha value is -3.06. The number of nitrogens with zero attached hydrogens (tertiary/aromatic N) is 1. The first-order chi connectivity index (χ1) is 26.9. The molecule has 0 aliphatic carbocycles. The molecule has 324 valence electrons. The molecule has 2 saturated heterocycles. The van der Waals surface area contributed by atoms with Crippen molar-refractivity contribution in [3.63, 3.8) is 0 Å². The molecule has 0 amide bonds. The summed E-state index contributed by atoms with van der Waals surface area (Å²) in [7, 11) is 4.81. The number of methoxy groups -OCH3 is 1. The molecule has 16 nitrogen and oxygen atoms in total. The highest BCUT2D eigenvalue weighted by Gasteiger charge is 2.52. The molecule has 15 atom stereocenters. The maximum Gasteiger partial charge on any atom is 0.309 e. The molecule has 16 heteroatoms. The third-order valence-electron chi connectivity index (χ3n) is 10.5. The van der Waals surface area contributed by atoms with Crippen LogP contribution in [0, 0.1) is 5.92 Å². The second-order valence-electron chi connectivity index (χ2n) is 15.6. The Bertz CT molecular complexity index is 1410. The normalized spacial score (nSPS) is 40.5. The summed E-state index contributed by atoms with van der Waals surface area (Å²) < 4.78 is 48.3. The highest BCUT2D eigenvalue weighted by Crippen LogP contribution is 2.37. The number of carbonyl (C=O) groups excluding carboxylic acids is 4. The second-order valence-corrected chi connectivity index (χ2v) is 15.6. The average molecular weight is 812 g/mol. The van der Waals surface area contributed by atoms with Crippen molar-refractivity contribution in [2.75, 3.05) is 21.2 Å². The number of rotatable bonds is 11. The molecule has 0 saturated carbocycles. The standard InChI is InChI=1S/C41H65NO15/c1-11-30(45)54-29-21-32(47)51-24(4)16-14-13-15-17-28(44)23(3)20-27(18-19-43)37(38(29)50-10)57-40-35(48)34(42(8)9)36(25(5)53-40)56-33-22-41(7,49)39(26(6)52-33)55-31(46)12-2/h13-15,17-19,23-26,28-29,33-40,44,48-49H,11-12,16,20-22H2,1-10H3/b14-13+,17-15+,27-18+/t23-,24-,25?,26?,28+,29-,33?,34?,35?,36?,37+,38+,39?,40?,41?/m1/s1. The molecule has 0 aromatic carbocycles. The van der Waals surface area contributed by atoms with Gasteiger partial charge in [-0.1, -0.05) is 45.1 Å². The summed E-state index contributed by atoms with van der Waals surface area (Å²) in [5.41, 5.74) is -1.18. The summed E-state index contributed by atoms with van der Waals surface area (Å²) in [5, 5.41) is 34.4. The number of aliphatic hydroxyl groups excluding tert-OH is 2. The first-order valence-electron chi connectivity index (χ1n) is 19.8. The molecular formula is C41H65NO15. The monoisotopic (exact) mass is 811 g/mol. The minimum atomic E-state index is -1.50. The van der Waals surface area contributed by atoms with Crippen LogP contribution in [0.5, 0.6) is 0 Å². The van der Waals surface area contributed by atoms with E-state index in [0.29, 0.717) is 18.3 Å². The number of aldehydes is 1. The highest BCUT2D eigenvalue weighted by atomic mass is 16.7. The lowest BCUT2D eigenvalue weighted by molar-refractivity contribution is -0.340. The van der Waals surface area contributed by atoms with Gasteiger partial charge in [-0.25, -0.2) is 0 Å². The van der Waals surface area contributed by atoms with Crippen molar-refractivity contribution >= 4 is 24.2 Å². The van der Waals surface area contributed by atoms with Gasteiger partial charge in [0.2, 0.25) is 0 Å². The zero-order chi connectivity index (χ0) is 42.6. The van der Waals surface area contributed by atoms with Gasteiger partial charge in [-0.05, 0) is 65.8 Å². The lowest BCUT2D eigenvalue weighted by atomic mass is 9.88. The summed E-state index contributed by atoms with van der Waals surface area (Å²) in [4.78, 5) is 52.1. The Balaban J connectivity index is 2.03. The van der Waals surface area contributed by atoms with Crippen LogP contribution in [0.3, 0.4) is 0 Å². The van der Waals surface area contributed by atoms with E-state index < -0.39 is 116 Å². The van der Waals surface area contributed by atoms with E-state index in [2.05, 4.69) is 0 Å². The molecular weight excluding hydrogens is 746 g/mol. The summed E-state index contributed by atoms with van der Waals surface area (Å²) in [6.07, 6.45) is -3.60. The number of esters is 3. The lowest BCUT2D eigenvalue weighted by Gasteiger charge is -2.50. The van der Waals surface area contributed by atoms with Gasteiger partial charge in [-0.3, -0.25) is 19.2 Å². The first-order valence-corrected chi connectivity index (χ1v) is 19.8. The number of ether oxygens (including phenoxy) is 8. The van der Waals surface area contributed by atoms with Gasteiger partial charge in [0.1, 0.15) is 48.5 Å². The quantitative estimate of drug-likeness (QED) is 0.119. The van der Waals surface area contributed by atoms with Crippen LogP contribution in [0.4, 0.5) is 0 Å². The molecule has 3 heterocycles. The van der Waals surface area contributed by atoms with Gasteiger partial charge < -0.3 is 58.1 Å². The van der Waals surface area contributed by atoms with Crippen LogP contribution >= 0.6 is 0 Å². The molecule has 0 aromatic rings. The van der Waals surface area contributed by atoms with Crippen LogP contribution in [0.1, 0.15) is 87.0 Å². The van der Waals surface area contributed by atoms with Crippen molar-refractivity contribution in [3.05, 3.63) is 36.0 Å². The minimum absolute atomic E-state index is 0.0152. The number of hydrogen-bond donors (Lipinski definition) is 3. The molecule has 3 N–H and O–H groups in total. The number of allylic oxidation sites excluding steroid dienone is 3. The number of aliphatic hydroxyl groups is 3. The Morgan fingerprint density at radius 1 is 0.965 bits per heavy atom. The number of cyclic esters (lactones) is 1.